The second kappa shape index (κ2) is 6.50. The van der Waals surface area contributed by atoms with E-state index in [9.17, 15) is 9.90 Å². The maximum Gasteiger partial charge on any atom is 0.221 e. The van der Waals surface area contributed by atoms with E-state index in [1.807, 2.05) is 49.4 Å². The average Bonchev–Trinajstić information content (AvgIpc) is 2.55. The molecule has 5 heteroatoms. The molecule has 0 atom stereocenters. The van der Waals surface area contributed by atoms with Crippen LogP contribution in [0.4, 0.5) is 17.1 Å². The number of aryl methyl sites for hydroxylation is 1. The predicted octanol–water partition coefficient (Wildman–Crippen LogP) is 5.23. The van der Waals surface area contributed by atoms with E-state index in [2.05, 4.69) is 15.5 Å². The lowest BCUT2D eigenvalue weighted by Gasteiger charge is -2.10. The van der Waals surface area contributed by atoms with E-state index < -0.39 is 0 Å². The van der Waals surface area contributed by atoms with Crippen LogP contribution in [0.15, 0.2) is 64.8 Å². The Hall–Kier alpha value is -3.21. The van der Waals surface area contributed by atoms with Crippen LogP contribution in [0.2, 0.25) is 0 Å². The standard InChI is InChI=1S/C19H17N3O2/c1-12-6-3-4-8-15(12)21-22-17-11-10-14-7-5-9-16(20-13(2)23)18(14)19(17)24/h3-11,24H,1-2H3,(H,20,23). The molecule has 0 spiro atoms. The number of amides is 1. The molecule has 0 bridgehead atoms. The van der Waals surface area contributed by atoms with Gasteiger partial charge in [0.05, 0.1) is 11.4 Å². The van der Waals surface area contributed by atoms with Gasteiger partial charge >= 0.3 is 0 Å². The van der Waals surface area contributed by atoms with E-state index in [1.165, 1.54) is 6.92 Å². The molecular weight excluding hydrogens is 302 g/mol. The third kappa shape index (κ3) is 3.10. The fraction of sp³-hybridized carbons (Fsp3) is 0.105. The summed E-state index contributed by atoms with van der Waals surface area (Å²) in [6.07, 6.45) is 0. The van der Waals surface area contributed by atoms with Crippen molar-refractivity contribution in [2.24, 2.45) is 10.2 Å². The Bertz CT molecular complexity index is 948. The summed E-state index contributed by atoms with van der Waals surface area (Å²) in [4.78, 5) is 11.4. The monoisotopic (exact) mass is 319 g/mol. The molecule has 24 heavy (non-hydrogen) atoms. The highest BCUT2D eigenvalue weighted by molar-refractivity contribution is 6.06. The van der Waals surface area contributed by atoms with Gasteiger partial charge in [-0.25, -0.2) is 0 Å². The van der Waals surface area contributed by atoms with Gasteiger partial charge in [-0.05, 0) is 36.1 Å². The predicted molar refractivity (Wildman–Crippen MR) is 95.3 cm³/mol. The maximum atomic E-state index is 11.4. The van der Waals surface area contributed by atoms with Crippen LogP contribution in [0.5, 0.6) is 5.75 Å². The van der Waals surface area contributed by atoms with Gasteiger partial charge < -0.3 is 10.4 Å². The molecule has 0 unspecified atom stereocenters. The molecule has 120 valence electrons. The highest BCUT2D eigenvalue weighted by Crippen LogP contribution is 2.39. The topological polar surface area (TPSA) is 74.0 Å². The Labute approximate surface area is 139 Å². The number of carbonyl (C=O) groups excluding carboxylic acids is 1. The number of nitrogens with zero attached hydrogens (tertiary/aromatic N) is 2. The van der Waals surface area contributed by atoms with E-state index in [0.717, 1.165) is 16.6 Å². The van der Waals surface area contributed by atoms with Crippen molar-refractivity contribution in [3.63, 3.8) is 0 Å². The number of phenolic OH excluding ortho intramolecular Hbond substituents is 1. The quantitative estimate of drug-likeness (QED) is 0.649. The number of hydrogen-bond acceptors (Lipinski definition) is 4. The molecule has 0 saturated carbocycles. The number of anilines is 1. The molecule has 0 aromatic heterocycles. The van der Waals surface area contributed by atoms with Gasteiger partial charge in [-0.1, -0.05) is 36.4 Å². The first-order chi connectivity index (χ1) is 11.6. The number of nitrogens with one attached hydrogen (secondary N) is 1. The summed E-state index contributed by atoms with van der Waals surface area (Å²) in [7, 11) is 0. The fourth-order valence-corrected chi connectivity index (χ4v) is 2.51. The smallest absolute Gasteiger partial charge is 0.221 e. The van der Waals surface area contributed by atoms with Gasteiger partial charge in [0.25, 0.3) is 0 Å². The zero-order chi connectivity index (χ0) is 17.1. The molecule has 0 aliphatic heterocycles. The first kappa shape index (κ1) is 15.7. The van der Waals surface area contributed by atoms with Crippen molar-refractivity contribution in [1.82, 2.24) is 0 Å². The number of carbonyl (C=O) groups is 1. The molecule has 0 aliphatic rings. The van der Waals surface area contributed by atoms with Gasteiger partial charge in [0.1, 0.15) is 5.69 Å². The molecule has 0 saturated heterocycles. The van der Waals surface area contributed by atoms with Crippen molar-refractivity contribution < 1.29 is 9.90 Å². The Balaban J connectivity index is 2.08. The molecule has 0 heterocycles. The highest BCUT2D eigenvalue weighted by atomic mass is 16.3. The van der Waals surface area contributed by atoms with Crippen molar-refractivity contribution in [1.29, 1.82) is 0 Å². The van der Waals surface area contributed by atoms with Gasteiger partial charge in [0.2, 0.25) is 5.91 Å². The van der Waals surface area contributed by atoms with Crippen LogP contribution < -0.4 is 5.32 Å². The lowest BCUT2D eigenvalue weighted by molar-refractivity contribution is -0.114. The molecule has 3 aromatic rings. The Morgan fingerprint density at radius 2 is 1.71 bits per heavy atom. The van der Waals surface area contributed by atoms with Crippen molar-refractivity contribution in [3.05, 3.63) is 60.2 Å². The third-order valence-electron chi connectivity index (χ3n) is 3.69. The molecule has 5 nitrogen and oxygen atoms in total. The van der Waals surface area contributed by atoms with Crippen LogP contribution in [0.3, 0.4) is 0 Å². The van der Waals surface area contributed by atoms with Crippen molar-refractivity contribution in [2.45, 2.75) is 13.8 Å². The third-order valence-corrected chi connectivity index (χ3v) is 3.69. The van der Waals surface area contributed by atoms with Crippen LogP contribution in [0.25, 0.3) is 10.8 Å². The fourth-order valence-electron chi connectivity index (χ4n) is 2.51. The summed E-state index contributed by atoms with van der Waals surface area (Å²) in [6, 6.07) is 16.6. The summed E-state index contributed by atoms with van der Waals surface area (Å²) in [5.74, 6) is -0.206. The van der Waals surface area contributed by atoms with Gasteiger partial charge in [0, 0.05) is 12.3 Å². The van der Waals surface area contributed by atoms with Crippen LogP contribution >= 0.6 is 0 Å². The van der Waals surface area contributed by atoms with Crippen molar-refractivity contribution in [3.8, 4) is 5.75 Å². The van der Waals surface area contributed by atoms with Gasteiger partial charge in [-0.2, -0.15) is 5.11 Å². The summed E-state index contributed by atoms with van der Waals surface area (Å²) < 4.78 is 0. The first-order valence-electron chi connectivity index (χ1n) is 7.56. The van der Waals surface area contributed by atoms with E-state index in [0.29, 0.717) is 16.8 Å². The molecule has 1 amide bonds. The van der Waals surface area contributed by atoms with E-state index in [1.54, 1.807) is 12.1 Å². The Morgan fingerprint density at radius 3 is 2.46 bits per heavy atom. The molecule has 0 fully saturated rings. The molecule has 3 rings (SSSR count). The summed E-state index contributed by atoms with van der Waals surface area (Å²) in [5, 5.41) is 23.1. The summed E-state index contributed by atoms with van der Waals surface area (Å²) in [6.45, 7) is 3.38. The van der Waals surface area contributed by atoms with Crippen molar-refractivity contribution in [2.75, 3.05) is 5.32 Å². The minimum Gasteiger partial charge on any atom is -0.505 e. The van der Waals surface area contributed by atoms with Gasteiger partial charge in [-0.3, -0.25) is 4.79 Å². The highest BCUT2D eigenvalue weighted by Gasteiger charge is 2.11. The maximum absolute atomic E-state index is 11.4. The SMILES string of the molecule is CC(=O)Nc1cccc2ccc(N=Nc3ccccc3C)c(O)c12. The van der Waals surface area contributed by atoms with E-state index in [4.69, 9.17) is 0 Å². The van der Waals surface area contributed by atoms with Gasteiger partial charge in [-0.15, -0.1) is 5.11 Å². The second-order valence-electron chi connectivity index (χ2n) is 5.50. The number of rotatable bonds is 3. The largest absolute Gasteiger partial charge is 0.505 e. The number of benzene rings is 3. The number of aromatic hydroxyl groups is 1. The molecule has 0 aliphatic carbocycles. The number of hydrogen-bond donors (Lipinski definition) is 2. The van der Waals surface area contributed by atoms with Crippen LogP contribution in [-0.4, -0.2) is 11.0 Å². The zero-order valence-electron chi connectivity index (χ0n) is 13.4. The number of fused-ring (bicyclic) bond motifs is 1. The minimum atomic E-state index is -0.200. The summed E-state index contributed by atoms with van der Waals surface area (Å²) in [5.41, 5.74) is 2.64. The average molecular weight is 319 g/mol. The van der Waals surface area contributed by atoms with Gasteiger partial charge in [0.15, 0.2) is 5.75 Å². The molecule has 0 radical (unpaired) electrons. The van der Waals surface area contributed by atoms with Crippen LogP contribution in [0, 0.1) is 6.92 Å². The molecular formula is C19H17N3O2. The van der Waals surface area contributed by atoms with Crippen molar-refractivity contribution >= 4 is 33.7 Å². The zero-order valence-corrected chi connectivity index (χ0v) is 13.4. The lowest BCUT2D eigenvalue weighted by atomic mass is 10.1. The summed E-state index contributed by atoms with van der Waals surface area (Å²) >= 11 is 0. The normalized spacial score (nSPS) is 11.1. The number of phenols is 1. The molecule has 3 aromatic carbocycles. The second-order valence-corrected chi connectivity index (χ2v) is 5.50. The van der Waals surface area contributed by atoms with E-state index in [-0.39, 0.29) is 11.7 Å². The minimum absolute atomic E-state index is 0.00539. The lowest BCUT2D eigenvalue weighted by Crippen LogP contribution is -2.05. The first-order valence-corrected chi connectivity index (χ1v) is 7.56. The van der Waals surface area contributed by atoms with E-state index >= 15 is 0 Å². The van der Waals surface area contributed by atoms with Crippen LogP contribution in [0.1, 0.15) is 12.5 Å². The Kier molecular flexibility index (Phi) is 4.24. The van der Waals surface area contributed by atoms with Crippen LogP contribution in [-0.2, 0) is 4.79 Å². The Morgan fingerprint density at radius 1 is 0.958 bits per heavy atom. The number of azo groups is 1. The molecule has 2 N–H and O–H groups in total.